The first kappa shape index (κ1) is 23.2. The van der Waals surface area contributed by atoms with E-state index in [2.05, 4.69) is 19.6 Å². The highest BCUT2D eigenvalue weighted by Gasteiger charge is 2.20. The predicted molar refractivity (Wildman–Crippen MR) is 115 cm³/mol. The van der Waals surface area contributed by atoms with Crippen LogP contribution < -0.4 is 9.47 Å². The van der Waals surface area contributed by atoms with Crippen LogP contribution in [-0.4, -0.2) is 18.2 Å². The molecule has 0 heterocycles. The molecule has 0 fully saturated rings. The molecule has 2 rings (SSSR count). The zero-order valence-electron chi connectivity index (χ0n) is 17.5. The van der Waals surface area contributed by atoms with Crippen molar-refractivity contribution >= 4 is 11.9 Å². The highest BCUT2D eigenvalue weighted by Crippen LogP contribution is 2.24. The van der Waals surface area contributed by atoms with Crippen molar-refractivity contribution in [3.8, 4) is 11.5 Å². The SMILES string of the molecule is C=CC(=O)OC(CCCCCCCC)Oc1ccccc1C(=O)Oc1[c]cccc1. The topological polar surface area (TPSA) is 61.8 Å². The minimum absolute atomic E-state index is 0.248. The van der Waals surface area contributed by atoms with Crippen molar-refractivity contribution < 1.29 is 23.8 Å². The molecule has 159 valence electrons. The molecule has 0 spiro atoms. The van der Waals surface area contributed by atoms with Crippen molar-refractivity contribution in [2.75, 3.05) is 0 Å². The lowest BCUT2D eigenvalue weighted by molar-refractivity contribution is -0.158. The first-order valence-electron chi connectivity index (χ1n) is 10.4. The summed E-state index contributed by atoms with van der Waals surface area (Å²) in [5, 5.41) is 0. The summed E-state index contributed by atoms with van der Waals surface area (Å²) in [7, 11) is 0. The third kappa shape index (κ3) is 8.11. The lowest BCUT2D eigenvalue weighted by atomic mass is 10.1. The number of para-hydroxylation sites is 2. The number of benzene rings is 2. The minimum Gasteiger partial charge on any atom is -0.454 e. The van der Waals surface area contributed by atoms with E-state index in [1.807, 2.05) is 0 Å². The summed E-state index contributed by atoms with van der Waals surface area (Å²) >= 11 is 0. The quantitative estimate of drug-likeness (QED) is 0.136. The second kappa shape index (κ2) is 13.2. The molecule has 1 unspecified atom stereocenters. The maximum absolute atomic E-state index is 12.6. The van der Waals surface area contributed by atoms with Gasteiger partial charge in [0.05, 0.1) is 0 Å². The molecular weight excluding hydrogens is 380 g/mol. The monoisotopic (exact) mass is 409 g/mol. The summed E-state index contributed by atoms with van der Waals surface area (Å²) in [6.45, 7) is 5.61. The summed E-state index contributed by atoms with van der Waals surface area (Å²) in [6, 6.07) is 16.4. The number of carbonyl (C=O) groups is 2. The van der Waals surface area contributed by atoms with E-state index >= 15 is 0 Å². The highest BCUT2D eigenvalue weighted by atomic mass is 16.7. The standard InChI is InChI=1S/C25H29O5/c1-3-5-6-7-8-12-19-24(30-23(26)4-2)29-22-18-14-13-17-21(22)25(27)28-20-15-10-9-11-16-20/h4,9-11,13-15,17-18,24H,2-3,5-8,12,19H2,1H3. The molecule has 0 aliphatic carbocycles. The van der Waals surface area contributed by atoms with Crippen LogP contribution >= 0.6 is 0 Å². The van der Waals surface area contributed by atoms with E-state index in [4.69, 9.17) is 14.2 Å². The Bertz CT molecular complexity index is 800. The van der Waals surface area contributed by atoms with Gasteiger partial charge in [-0.1, -0.05) is 75.9 Å². The molecular formula is C25H29O5. The van der Waals surface area contributed by atoms with Crippen LogP contribution in [0.5, 0.6) is 11.5 Å². The lowest BCUT2D eigenvalue weighted by Crippen LogP contribution is -2.24. The zero-order chi connectivity index (χ0) is 21.6. The van der Waals surface area contributed by atoms with Crippen LogP contribution in [0.3, 0.4) is 0 Å². The molecule has 0 saturated heterocycles. The fourth-order valence-corrected chi connectivity index (χ4v) is 2.89. The van der Waals surface area contributed by atoms with Crippen molar-refractivity contribution in [1.82, 2.24) is 0 Å². The average Bonchev–Trinajstić information content (AvgIpc) is 2.77. The number of hydrogen-bond acceptors (Lipinski definition) is 5. The van der Waals surface area contributed by atoms with Crippen LogP contribution in [0.1, 0.15) is 62.2 Å². The van der Waals surface area contributed by atoms with Gasteiger partial charge in [-0.2, -0.15) is 0 Å². The van der Waals surface area contributed by atoms with Crippen LogP contribution in [0.2, 0.25) is 0 Å². The van der Waals surface area contributed by atoms with Gasteiger partial charge in [0, 0.05) is 18.6 Å². The number of ether oxygens (including phenoxy) is 3. The Balaban J connectivity index is 2.04. The van der Waals surface area contributed by atoms with E-state index in [9.17, 15) is 9.59 Å². The van der Waals surface area contributed by atoms with Gasteiger partial charge in [-0.3, -0.25) is 0 Å². The van der Waals surface area contributed by atoms with Gasteiger partial charge in [0.15, 0.2) is 0 Å². The number of carbonyl (C=O) groups excluding carboxylic acids is 2. The predicted octanol–water partition coefficient (Wildman–Crippen LogP) is 5.89. The molecule has 0 saturated carbocycles. The largest absolute Gasteiger partial charge is 0.454 e. The molecule has 0 N–H and O–H groups in total. The van der Waals surface area contributed by atoms with E-state index in [1.54, 1.807) is 48.5 Å². The molecule has 30 heavy (non-hydrogen) atoms. The fourth-order valence-electron chi connectivity index (χ4n) is 2.89. The van der Waals surface area contributed by atoms with Crippen LogP contribution in [0.15, 0.2) is 61.2 Å². The number of unbranched alkanes of at least 4 members (excludes halogenated alkanes) is 5. The van der Waals surface area contributed by atoms with Crippen molar-refractivity contribution in [2.45, 2.75) is 58.2 Å². The van der Waals surface area contributed by atoms with Gasteiger partial charge in [0.2, 0.25) is 6.29 Å². The lowest BCUT2D eigenvalue weighted by Gasteiger charge is -2.20. The Morgan fingerprint density at radius 2 is 1.77 bits per heavy atom. The number of esters is 2. The molecule has 0 bridgehead atoms. The molecule has 1 atom stereocenters. The molecule has 1 radical (unpaired) electrons. The Hall–Kier alpha value is -3.08. The molecule has 0 aromatic heterocycles. The van der Waals surface area contributed by atoms with Crippen LogP contribution in [-0.2, 0) is 9.53 Å². The van der Waals surface area contributed by atoms with Gasteiger partial charge in [0.1, 0.15) is 17.1 Å². The van der Waals surface area contributed by atoms with Gasteiger partial charge in [-0.15, -0.1) is 0 Å². The molecule has 0 amide bonds. The Morgan fingerprint density at radius 1 is 1.03 bits per heavy atom. The molecule has 2 aromatic rings. The van der Waals surface area contributed by atoms with Crippen molar-refractivity contribution in [3.05, 3.63) is 72.8 Å². The van der Waals surface area contributed by atoms with Gasteiger partial charge >= 0.3 is 11.9 Å². The second-order valence-electron chi connectivity index (χ2n) is 6.86. The van der Waals surface area contributed by atoms with Gasteiger partial charge in [-0.05, 0) is 24.6 Å². The van der Waals surface area contributed by atoms with Crippen LogP contribution in [0.4, 0.5) is 0 Å². The molecule has 5 heteroatoms. The fraction of sp³-hybridized carbons (Fsp3) is 0.360. The Morgan fingerprint density at radius 3 is 2.50 bits per heavy atom. The van der Waals surface area contributed by atoms with E-state index in [1.165, 1.54) is 19.3 Å². The summed E-state index contributed by atoms with van der Waals surface area (Å²) in [5.74, 6) is -0.517. The summed E-state index contributed by atoms with van der Waals surface area (Å²) in [5.41, 5.74) is 0.248. The third-order valence-corrected chi connectivity index (χ3v) is 4.46. The Labute approximate surface area is 178 Å². The third-order valence-electron chi connectivity index (χ3n) is 4.46. The van der Waals surface area contributed by atoms with Gasteiger partial charge in [-0.25, -0.2) is 9.59 Å². The number of rotatable bonds is 13. The zero-order valence-corrected chi connectivity index (χ0v) is 17.5. The molecule has 0 aliphatic heterocycles. The molecule has 2 aromatic carbocycles. The maximum atomic E-state index is 12.6. The first-order chi connectivity index (χ1) is 14.6. The van der Waals surface area contributed by atoms with Crippen molar-refractivity contribution in [2.24, 2.45) is 0 Å². The van der Waals surface area contributed by atoms with E-state index < -0.39 is 18.2 Å². The summed E-state index contributed by atoms with van der Waals surface area (Å²) < 4.78 is 16.6. The minimum atomic E-state index is -0.807. The van der Waals surface area contributed by atoms with Crippen LogP contribution in [0, 0.1) is 6.07 Å². The summed E-state index contributed by atoms with van der Waals surface area (Å²) in [6.07, 6.45) is 7.44. The molecule has 0 aliphatic rings. The van der Waals surface area contributed by atoms with E-state index in [0.717, 1.165) is 25.3 Å². The van der Waals surface area contributed by atoms with Crippen molar-refractivity contribution in [1.29, 1.82) is 0 Å². The van der Waals surface area contributed by atoms with E-state index in [0.29, 0.717) is 17.9 Å². The number of hydrogen-bond donors (Lipinski definition) is 0. The Kier molecular flexibility index (Phi) is 10.2. The van der Waals surface area contributed by atoms with Gasteiger partial charge < -0.3 is 14.2 Å². The average molecular weight is 410 g/mol. The molecule has 5 nitrogen and oxygen atoms in total. The van der Waals surface area contributed by atoms with Gasteiger partial charge in [0.25, 0.3) is 0 Å². The maximum Gasteiger partial charge on any atom is 0.347 e. The summed E-state index contributed by atoms with van der Waals surface area (Å²) in [4.78, 5) is 24.3. The highest BCUT2D eigenvalue weighted by molar-refractivity contribution is 5.94. The first-order valence-corrected chi connectivity index (χ1v) is 10.4. The van der Waals surface area contributed by atoms with Crippen molar-refractivity contribution in [3.63, 3.8) is 0 Å². The normalized spacial score (nSPS) is 11.4. The smallest absolute Gasteiger partial charge is 0.347 e. The second-order valence-corrected chi connectivity index (χ2v) is 6.86. The van der Waals surface area contributed by atoms with E-state index in [-0.39, 0.29) is 5.56 Å². The van der Waals surface area contributed by atoms with Crippen LogP contribution in [0.25, 0.3) is 0 Å².